The molecular formula is C17H20ClN3O. The average Bonchev–Trinajstić information content (AvgIpc) is 2.46. The first kappa shape index (κ1) is 16.4. The van der Waals surface area contributed by atoms with Crippen molar-refractivity contribution >= 4 is 17.5 Å². The van der Waals surface area contributed by atoms with E-state index >= 15 is 0 Å². The number of hydrogen-bond donors (Lipinski definition) is 1. The lowest BCUT2D eigenvalue weighted by molar-refractivity contribution is 0.0929. The second kappa shape index (κ2) is 7.36. The SMILES string of the molecule is Cc1cc(Cl)nc(C(CC(C)C)NC(=O)c2ccccc2)n1. The van der Waals surface area contributed by atoms with E-state index in [9.17, 15) is 4.79 Å². The smallest absolute Gasteiger partial charge is 0.251 e. The van der Waals surface area contributed by atoms with Crippen LogP contribution in [-0.4, -0.2) is 15.9 Å². The summed E-state index contributed by atoms with van der Waals surface area (Å²) < 4.78 is 0. The Hall–Kier alpha value is -1.94. The van der Waals surface area contributed by atoms with Gasteiger partial charge in [-0.25, -0.2) is 9.97 Å². The van der Waals surface area contributed by atoms with E-state index in [4.69, 9.17) is 11.6 Å². The van der Waals surface area contributed by atoms with Crippen LogP contribution in [0, 0.1) is 12.8 Å². The van der Waals surface area contributed by atoms with Gasteiger partial charge in [-0.05, 0) is 37.5 Å². The molecule has 1 atom stereocenters. The van der Waals surface area contributed by atoms with E-state index in [2.05, 4.69) is 29.1 Å². The first-order valence-corrected chi connectivity index (χ1v) is 7.70. The second-order valence-electron chi connectivity index (χ2n) is 5.71. The fraction of sp³-hybridized carbons (Fsp3) is 0.353. The van der Waals surface area contributed by atoms with Gasteiger partial charge in [0.2, 0.25) is 0 Å². The quantitative estimate of drug-likeness (QED) is 0.849. The van der Waals surface area contributed by atoms with Crippen molar-refractivity contribution in [3.63, 3.8) is 0 Å². The lowest BCUT2D eigenvalue weighted by Gasteiger charge is -2.20. The number of nitrogens with zero attached hydrogens (tertiary/aromatic N) is 2. The Bertz CT molecular complexity index is 623. The molecule has 0 saturated heterocycles. The van der Waals surface area contributed by atoms with Crippen molar-refractivity contribution in [1.29, 1.82) is 0 Å². The van der Waals surface area contributed by atoms with E-state index in [-0.39, 0.29) is 11.9 Å². The molecule has 4 nitrogen and oxygen atoms in total. The predicted octanol–water partition coefficient (Wildman–Crippen LogP) is 3.96. The molecule has 0 aliphatic rings. The van der Waals surface area contributed by atoms with Gasteiger partial charge >= 0.3 is 0 Å². The summed E-state index contributed by atoms with van der Waals surface area (Å²) in [6.07, 6.45) is 0.748. The second-order valence-corrected chi connectivity index (χ2v) is 6.10. The summed E-state index contributed by atoms with van der Waals surface area (Å²) in [6.45, 7) is 6.06. The zero-order valence-corrected chi connectivity index (χ0v) is 13.8. The van der Waals surface area contributed by atoms with E-state index in [0.29, 0.717) is 22.5 Å². The van der Waals surface area contributed by atoms with Crippen LogP contribution < -0.4 is 5.32 Å². The molecule has 0 saturated carbocycles. The molecule has 1 amide bonds. The Labute approximate surface area is 135 Å². The minimum Gasteiger partial charge on any atom is -0.342 e. The van der Waals surface area contributed by atoms with Crippen LogP contribution >= 0.6 is 11.6 Å². The summed E-state index contributed by atoms with van der Waals surface area (Å²) in [6, 6.07) is 10.6. The van der Waals surface area contributed by atoms with Gasteiger partial charge in [0.05, 0.1) is 6.04 Å². The summed E-state index contributed by atoms with van der Waals surface area (Å²) in [4.78, 5) is 21.1. The third-order valence-electron chi connectivity index (χ3n) is 3.20. The third-order valence-corrected chi connectivity index (χ3v) is 3.39. The maximum atomic E-state index is 12.4. The van der Waals surface area contributed by atoms with E-state index in [1.165, 1.54) is 0 Å². The van der Waals surface area contributed by atoms with Gasteiger partial charge in [-0.2, -0.15) is 0 Å². The zero-order chi connectivity index (χ0) is 16.1. The summed E-state index contributed by atoms with van der Waals surface area (Å²) in [5.41, 5.74) is 1.41. The van der Waals surface area contributed by atoms with Crippen LogP contribution in [0.15, 0.2) is 36.4 Å². The van der Waals surface area contributed by atoms with Gasteiger partial charge in [0.1, 0.15) is 5.15 Å². The molecule has 0 fully saturated rings. The molecule has 2 rings (SSSR count). The average molecular weight is 318 g/mol. The Kier molecular flexibility index (Phi) is 5.50. The van der Waals surface area contributed by atoms with Gasteiger partial charge in [0.15, 0.2) is 5.82 Å². The normalized spacial score (nSPS) is 12.2. The van der Waals surface area contributed by atoms with Crippen LogP contribution in [0.4, 0.5) is 0 Å². The van der Waals surface area contributed by atoms with Crippen molar-refractivity contribution in [2.45, 2.75) is 33.2 Å². The number of halogens is 1. The van der Waals surface area contributed by atoms with Crippen molar-refractivity contribution in [2.24, 2.45) is 5.92 Å². The molecule has 0 radical (unpaired) electrons. The molecule has 1 aromatic carbocycles. The number of amides is 1. The number of aromatic nitrogens is 2. The van der Waals surface area contributed by atoms with Crippen LogP contribution in [0.25, 0.3) is 0 Å². The molecule has 0 spiro atoms. The summed E-state index contributed by atoms with van der Waals surface area (Å²) >= 11 is 6.02. The van der Waals surface area contributed by atoms with Gasteiger partial charge < -0.3 is 5.32 Å². The summed E-state index contributed by atoms with van der Waals surface area (Å²) in [7, 11) is 0. The van der Waals surface area contributed by atoms with Crippen molar-refractivity contribution in [3.05, 3.63) is 58.6 Å². The Morgan fingerprint density at radius 2 is 1.91 bits per heavy atom. The summed E-state index contributed by atoms with van der Waals surface area (Å²) in [5.74, 6) is 0.819. The highest BCUT2D eigenvalue weighted by atomic mass is 35.5. The molecule has 0 aliphatic carbocycles. The number of carbonyl (C=O) groups excluding carboxylic acids is 1. The molecule has 1 heterocycles. The highest BCUT2D eigenvalue weighted by molar-refractivity contribution is 6.29. The highest BCUT2D eigenvalue weighted by Gasteiger charge is 2.20. The summed E-state index contributed by atoms with van der Waals surface area (Å²) in [5, 5.41) is 3.41. The largest absolute Gasteiger partial charge is 0.342 e. The zero-order valence-electron chi connectivity index (χ0n) is 13.0. The van der Waals surface area contributed by atoms with E-state index in [1.54, 1.807) is 18.2 Å². The minimum atomic E-state index is -0.259. The monoisotopic (exact) mass is 317 g/mol. The molecule has 1 N–H and O–H groups in total. The van der Waals surface area contributed by atoms with Crippen LogP contribution in [0.2, 0.25) is 5.15 Å². The third kappa shape index (κ3) is 4.53. The van der Waals surface area contributed by atoms with Crippen molar-refractivity contribution in [2.75, 3.05) is 0 Å². The van der Waals surface area contributed by atoms with Crippen molar-refractivity contribution < 1.29 is 4.79 Å². The molecule has 1 aromatic heterocycles. The Morgan fingerprint density at radius 3 is 2.50 bits per heavy atom. The first-order valence-electron chi connectivity index (χ1n) is 7.32. The standard InChI is InChI=1S/C17H20ClN3O/c1-11(2)9-14(16-19-12(3)10-15(18)21-16)20-17(22)13-7-5-4-6-8-13/h4-8,10-11,14H,9H2,1-3H3,(H,20,22). The topological polar surface area (TPSA) is 54.9 Å². The Balaban J connectivity index is 2.24. The van der Waals surface area contributed by atoms with E-state index in [1.807, 2.05) is 25.1 Å². The maximum Gasteiger partial charge on any atom is 0.251 e. The molecule has 1 unspecified atom stereocenters. The highest BCUT2D eigenvalue weighted by Crippen LogP contribution is 2.21. The molecule has 2 aromatic rings. The number of hydrogen-bond acceptors (Lipinski definition) is 3. The number of benzene rings is 1. The van der Waals surface area contributed by atoms with Gasteiger partial charge in [-0.3, -0.25) is 4.79 Å². The predicted molar refractivity (Wildman–Crippen MR) is 87.9 cm³/mol. The maximum absolute atomic E-state index is 12.4. The molecule has 5 heteroatoms. The van der Waals surface area contributed by atoms with Gasteiger partial charge in [0, 0.05) is 11.3 Å². The van der Waals surface area contributed by atoms with Gasteiger partial charge in [0.25, 0.3) is 5.91 Å². The van der Waals surface area contributed by atoms with Crippen molar-refractivity contribution in [1.82, 2.24) is 15.3 Å². The molecule has 22 heavy (non-hydrogen) atoms. The minimum absolute atomic E-state index is 0.132. The fourth-order valence-electron chi connectivity index (χ4n) is 2.24. The van der Waals surface area contributed by atoms with E-state index < -0.39 is 0 Å². The number of aryl methyl sites for hydroxylation is 1. The van der Waals surface area contributed by atoms with E-state index in [0.717, 1.165) is 12.1 Å². The Morgan fingerprint density at radius 1 is 1.23 bits per heavy atom. The van der Waals surface area contributed by atoms with Gasteiger partial charge in [-0.1, -0.05) is 43.6 Å². The molecule has 0 aliphatic heterocycles. The fourth-order valence-corrected chi connectivity index (χ4v) is 2.48. The molecule has 0 bridgehead atoms. The number of nitrogens with one attached hydrogen (secondary N) is 1. The van der Waals surface area contributed by atoms with Crippen LogP contribution in [-0.2, 0) is 0 Å². The molecular weight excluding hydrogens is 298 g/mol. The van der Waals surface area contributed by atoms with Crippen LogP contribution in [0.5, 0.6) is 0 Å². The number of carbonyl (C=O) groups is 1. The van der Waals surface area contributed by atoms with Gasteiger partial charge in [-0.15, -0.1) is 0 Å². The lowest BCUT2D eigenvalue weighted by atomic mass is 10.0. The molecule has 116 valence electrons. The first-order chi connectivity index (χ1) is 10.5. The number of rotatable bonds is 5. The van der Waals surface area contributed by atoms with Crippen molar-refractivity contribution in [3.8, 4) is 0 Å². The lowest BCUT2D eigenvalue weighted by Crippen LogP contribution is -2.31. The van der Waals surface area contributed by atoms with Crippen LogP contribution in [0.3, 0.4) is 0 Å². The van der Waals surface area contributed by atoms with Crippen LogP contribution in [0.1, 0.15) is 48.2 Å².